The van der Waals surface area contributed by atoms with E-state index < -0.39 is 0 Å². The fourth-order valence-corrected chi connectivity index (χ4v) is 3.44. The highest BCUT2D eigenvalue weighted by molar-refractivity contribution is 5.95. The van der Waals surface area contributed by atoms with Gasteiger partial charge in [0.1, 0.15) is 18.0 Å². The number of amides is 1. The molecule has 1 amide bonds. The van der Waals surface area contributed by atoms with Gasteiger partial charge in [0, 0.05) is 43.1 Å². The van der Waals surface area contributed by atoms with Crippen LogP contribution in [0.5, 0.6) is 5.75 Å². The van der Waals surface area contributed by atoms with Crippen molar-refractivity contribution in [2.24, 2.45) is 0 Å². The lowest BCUT2D eigenvalue weighted by atomic mass is 10.1. The van der Waals surface area contributed by atoms with E-state index in [1.807, 2.05) is 64.2 Å². The van der Waals surface area contributed by atoms with Crippen molar-refractivity contribution in [3.8, 4) is 5.75 Å². The van der Waals surface area contributed by atoms with Crippen LogP contribution in [0.25, 0.3) is 5.65 Å². The summed E-state index contributed by atoms with van der Waals surface area (Å²) in [5.41, 5.74) is 2.40. The lowest BCUT2D eigenvalue weighted by Crippen LogP contribution is -2.57. The lowest BCUT2D eigenvalue weighted by molar-refractivity contribution is 0.0602. The Labute approximate surface area is 158 Å². The molecule has 0 aliphatic carbocycles. The van der Waals surface area contributed by atoms with Crippen molar-refractivity contribution in [2.45, 2.75) is 32.5 Å². The molecule has 0 spiro atoms. The average Bonchev–Trinajstić information content (AvgIpc) is 3.11. The van der Waals surface area contributed by atoms with E-state index in [2.05, 4.69) is 24.1 Å². The molecule has 3 heterocycles. The maximum absolute atomic E-state index is 12.9. The molecule has 1 aliphatic rings. The minimum atomic E-state index is 0.0500. The third-order valence-corrected chi connectivity index (χ3v) is 5.18. The molecule has 4 rings (SSSR count). The molecule has 2 atom stereocenters. The fraction of sp³-hybridized carbons (Fsp3) is 0.333. The first-order chi connectivity index (χ1) is 13.1. The number of nitrogens with one attached hydrogen (secondary N) is 1. The Morgan fingerprint density at radius 2 is 2.15 bits per heavy atom. The summed E-state index contributed by atoms with van der Waals surface area (Å²) >= 11 is 0. The molecule has 1 fully saturated rings. The summed E-state index contributed by atoms with van der Waals surface area (Å²) < 4.78 is 7.85. The minimum Gasteiger partial charge on any atom is -0.487 e. The Morgan fingerprint density at radius 3 is 3.00 bits per heavy atom. The van der Waals surface area contributed by atoms with Crippen LogP contribution in [-0.4, -0.2) is 45.4 Å². The molecular formula is C21H24N4O2. The number of benzene rings is 1. The molecule has 27 heavy (non-hydrogen) atoms. The maximum atomic E-state index is 12.9. The summed E-state index contributed by atoms with van der Waals surface area (Å²) in [7, 11) is 0. The van der Waals surface area contributed by atoms with Gasteiger partial charge >= 0.3 is 0 Å². The van der Waals surface area contributed by atoms with Crippen LogP contribution in [0.3, 0.4) is 0 Å². The Kier molecular flexibility index (Phi) is 4.81. The molecule has 3 aromatic rings. The molecule has 1 aromatic carbocycles. The van der Waals surface area contributed by atoms with Gasteiger partial charge in [0.25, 0.3) is 5.91 Å². The number of fused-ring (bicyclic) bond motifs is 1. The number of carbonyl (C=O) groups excluding carboxylic acids is 1. The molecule has 1 saturated heterocycles. The van der Waals surface area contributed by atoms with E-state index in [9.17, 15) is 4.79 Å². The van der Waals surface area contributed by atoms with E-state index in [1.165, 1.54) is 0 Å². The van der Waals surface area contributed by atoms with Gasteiger partial charge in [0.2, 0.25) is 0 Å². The van der Waals surface area contributed by atoms with Crippen LogP contribution in [-0.2, 0) is 6.61 Å². The summed E-state index contributed by atoms with van der Waals surface area (Å²) in [4.78, 5) is 19.4. The van der Waals surface area contributed by atoms with Crippen LogP contribution in [0.1, 0.15) is 29.9 Å². The summed E-state index contributed by atoms with van der Waals surface area (Å²) in [5.74, 6) is 0.725. The second-order valence-corrected chi connectivity index (χ2v) is 7.00. The number of nitrogens with zero attached hydrogens (tertiary/aromatic N) is 3. The molecular weight excluding hydrogens is 340 g/mol. The van der Waals surface area contributed by atoms with Gasteiger partial charge in [-0.2, -0.15) is 0 Å². The van der Waals surface area contributed by atoms with Gasteiger partial charge in [0.15, 0.2) is 0 Å². The van der Waals surface area contributed by atoms with E-state index >= 15 is 0 Å². The van der Waals surface area contributed by atoms with Gasteiger partial charge in [-0.25, -0.2) is 4.98 Å². The zero-order valence-electron chi connectivity index (χ0n) is 15.6. The zero-order valence-corrected chi connectivity index (χ0v) is 15.6. The number of rotatable bonds is 4. The highest BCUT2D eigenvalue weighted by Crippen LogP contribution is 2.19. The van der Waals surface area contributed by atoms with Crippen molar-refractivity contribution in [2.75, 3.05) is 13.1 Å². The van der Waals surface area contributed by atoms with Gasteiger partial charge in [-0.1, -0.05) is 12.1 Å². The van der Waals surface area contributed by atoms with Crippen molar-refractivity contribution in [1.82, 2.24) is 19.6 Å². The van der Waals surface area contributed by atoms with Crippen molar-refractivity contribution < 1.29 is 9.53 Å². The van der Waals surface area contributed by atoms with Crippen LogP contribution < -0.4 is 10.1 Å². The van der Waals surface area contributed by atoms with Gasteiger partial charge in [-0.15, -0.1) is 0 Å². The van der Waals surface area contributed by atoms with E-state index in [0.717, 1.165) is 24.4 Å². The van der Waals surface area contributed by atoms with Crippen molar-refractivity contribution in [1.29, 1.82) is 0 Å². The number of piperazine rings is 1. The number of hydrogen-bond donors (Lipinski definition) is 1. The molecule has 0 saturated carbocycles. The van der Waals surface area contributed by atoms with Gasteiger partial charge in [0.05, 0.1) is 5.69 Å². The summed E-state index contributed by atoms with van der Waals surface area (Å²) in [6.45, 7) is 6.09. The third-order valence-electron chi connectivity index (χ3n) is 5.18. The summed E-state index contributed by atoms with van der Waals surface area (Å²) in [6.07, 6.45) is 3.91. The van der Waals surface area contributed by atoms with Crippen molar-refractivity contribution in [3.63, 3.8) is 0 Å². The Hall–Kier alpha value is -2.86. The molecule has 2 unspecified atom stereocenters. The Bertz CT molecular complexity index is 919. The summed E-state index contributed by atoms with van der Waals surface area (Å²) in [6, 6.07) is 13.7. The van der Waals surface area contributed by atoms with Gasteiger partial charge in [-0.3, -0.25) is 4.79 Å². The fourth-order valence-electron chi connectivity index (χ4n) is 3.44. The zero-order chi connectivity index (χ0) is 18.8. The molecule has 0 bridgehead atoms. The Balaban J connectivity index is 1.46. The van der Waals surface area contributed by atoms with E-state index in [0.29, 0.717) is 17.9 Å². The van der Waals surface area contributed by atoms with Crippen LogP contribution in [0.2, 0.25) is 0 Å². The van der Waals surface area contributed by atoms with E-state index in [4.69, 9.17) is 4.74 Å². The second kappa shape index (κ2) is 7.40. The first-order valence-electron chi connectivity index (χ1n) is 9.31. The number of aromatic nitrogens is 2. The lowest BCUT2D eigenvalue weighted by Gasteiger charge is -2.38. The molecule has 140 valence electrons. The smallest absolute Gasteiger partial charge is 0.254 e. The molecule has 1 aliphatic heterocycles. The topological polar surface area (TPSA) is 58.9 Å². The highest BCUT2D eigenvalue weighted by Gasteiger charge is 2.28. The standard InChI is InChI=1S/C21H24N4O2/c1-15-16(2)25(11-9-22-15)21(26)17-6-5-7-19(12-17)27-14-18-13-24-10-4-3-8-20(24)23-18/h3-8,10,12-13,15-16,22H,9,11,14H2,1-2H3. The quantitative estimate of drug-likeness (QED) is 0.773. The number of hydrogen-bond acceptors (Lipinski definition) is 4. The van der Waals surface area contributed by atoms with Crippen LogP contribution in [0, 0.1) is 0 Å². The van der Waals surface area contributed by atoms with Crippen LogP contribution in [0.4, 0.5) is 0 Å². The average molecular weight is 364 g/mol. The molecule has 6 heteroatoms. The SMILES string of the molecule is CC1NCCN(C(=O)c2cccc(OCc3cn4ccccc4n3)c2)C1C. The van der Waals surface area contributed by atoms with E-state index in [1.54, 1.807) is 0 Å². The predicted octanol–water partition coefficient (Wildman–Crippen LogP) is 2.74. The predicted molar refractivity (Wildman–Crippen MR) is 104 cm³/mol. The maximum Gasteiger partial charge on any atom is 0.254 e. The normalized spacial score (nSPS) is 20.0. The molecule has 6 nitrogen and oxygen atoms in total. The van der Waals surface area contributed by atoms with Crippen LogP contribution in [0.15, 0.2) is 54.9 Å². The molecule has 1 N–H and O–H groups in total. The monoisotopic (exact) mass is 364 g/mol. The second-order valence-electron chi connectivity index (χ2n) is 7.00. The van der Waals surface area contributed by atoms with Gasteiger partial charge in [-0.05, 0) is 44.2 Å². The van der Waals surface area contributed by atoms with Gasteiger partial charge < -0.3 is 19.4 Å². The number of imidazole rings is 1. The first-order valence-corrected chi connectivity index (χ1v) is 9.31. The highest BCUT2D eigenvalue weighted by atomic mass is 16.5. The van der Waals surface area contributed by atoms with Crippen LogP contribution >= 0.6 is 0 Å². The number of ether oxygens (including phenoxy) is 1. The molecule has 2 aromatic heterocycles. The van der Waals surface area contributed by atoms with Crippen molar-refractivity contribution in [3.05, 3.63) is 66.1 Å². The largest absolute Gasteiger partial charge is 0.487 e. The molecule has 0 radical (unpaired) electrons. The first kappa shape index (κ1) is 17.5. The minimum absolute atomic E-state index is 0.0500. The number of pyridine rings is 1. The third kappa shape index (κ3) is 3.66. The van der Waals surface area contributed by atoms with Crippen molar-refractivity contribution >= 4 is 11.6 Å². The Morgan fingerprint density at radius 1 is 1.26 bits per heavy atom. The van der Waals surface area contributed by atoms with E-state index in [-0.39, 0.29) is 18.0 Å². The number of carbonyl (C=O) groups is 1. The summed E-state index contributed by atoms with van der Waals surface area (Å²) in [5, 5.41) is 3.40.